The maximum absolute atomic E-state index is 11.8. The molecule has 0 aromatic heterocycles. The Hall–Kier alpha value is -1.64. The van der Waals surface area contributed by atoms with Crippen LogP contribution in [0.5, 0.6) is 0 Å². The van der Waals surface area contributed by atoms with Crippen LogP contribution in [0, 0.1) is 0 Å². The second kappa shape index (κ2) is 6.00. The van der Waals surface area contributed by atoms with E-state index in [0.717, 1.165) is 0 Å². The molecule has 0 N–H and O–H groups in total. The minimum atomic E-state index is -0.811. The first-order chi connectivity index (χ1) is 8.77. The van der Waals surface area contributed by atoms with Gasteiger partial charge in [0.05, 0.1) is 6.61 Å². The molecule has 0 fully saturated rings. The predicted molar refractivity (Wildman–Crippen MR) is 75.2 cm³/mol. The third-order valence-corrected chi connectivity index (χ3v) is 3.04. The number of carbonyl (C=O) groups is 2. The highest BCUT2D eigenvalue weighted by Gasteiger charge is 2.27. The summed E-state index contributed by atoms with van der Waals surface area (Å²) in [5.41, 5.74) is 1.91. The number of benzene rings is 1. The Morgan fingerprint density at radius 3 is 2.05 bits per heavy atom. The van der Waals surface area contributed by atoms with Gasteiger partial charge in [-0.05, 0) is 30.4 Å². The van der Waals surface area contributed by atoms with Crippen LogP contribution < -0.4 is 0 Å². The molecule has 1 aromatic rings. The molecule has 104 valence electrons. The number of Topliss-reactive ketones (excluding diaryl/α,β-unsaturated/α-hetero) is 1. The van der Waals surface area contributed by atoms with Crippen molar-refractivity contribution < 1.29 is 14.3 Å². The molecule has 3 heteroatoms. The van der Waals surface area contributed by atoms with Crippen LogP contribution in [0.2, 0.25) is 0 Å². The smallest absolute Gasteiger partial charge is 0.320 e. The van der Waals surface area contributed by atoms with Crippen LogP contribution in [-0.4, -0.2) is 18.4 Å². The molecule has 0 spiro atoms. The summed E-state index contributed by atoms with van der Waals surface area (Å²) in [5, 5.41) is 0. The van der Waals surface area contributed by atoms with Crippen LogP contribution in [-0.2, 0) is 19.7 Å². The number of carbonyl (C=O) groups excluding carboxylic acids is 2. The Bertz CT molecular complexity index is 452. The van der Waals surface area contributed by atoms with E-state index in [4.69, 9.17) is 4.74 Å². The van der Waals surface area contributed by atoms with Gasteiger partial charge in [0.15, 0.2) is 0 Å². The van der Waals surface area contributed by atoms with Gasteiger partial charge in [0.25, 0.3) is 0 Å². The first-order valence-corrected chi connectivity index (χ1v) is 6.55. The van der Waals surface area contributed by atoms with Gasteiger partial charge >= 0.3 is 5.97 Å². The van der Waals surface area contributed by atoms with E-state index in [-0.39, 0.29) is 17.8 Å². The van der Waals surface area contributed by atoms with Gasteiger partial charge < -0.3 is 4.74 Å². The largest absolute Gasteiger partial charge is 0.465 e. The molecule has 0 bridgehead atoms. The molecule has 0 aliphatic carbocycles. The lowest BCUT2D eigenvalue weighted by Gasteiger charge is -2.20. The van der Waals surface area contributed by atoms with Gasteiger partial charge in [-0.25, -0.2) is 0 Å². The van der Waals surface area contributed by atoms with E-state index in [1.165, 1.54) is 12.5 Å². The fourth-order valence-corrected chi connectivity index (χ4v) is 1.94. The Balaban J connectivity index is 3.05. The van der Waals surface area contributed by atoms with Gasteiger partial charge in [-0.3, -0.25) is 9.59 Å². The highest BCUT2D eigenvalue weighted by Crippen LogP contribution is 2.25. The molecular formula is C16H22O3. The van der Waals surface area contributed by atoms with E-state index in [2.05, 4.69) is 20.8 Å². The van der Waals surface area contributed by atoms with Gasteiger partial charge in [0.2, 0.25) is 0 Å². The molecule has 1 unspecified atom stereocenters. The van der Waals surface area contributed by atoms with E-state index < -0.39 is 11.9 Å². The lowest BCUT2D eigenvalue weighted by molar-refractivity contribution is -0.147. The van der Waals surface area contributed by atoms with Crippen molar-refractivity contribution >= 4 is 11.8 Å². The summed E-state index contributed by atoms with van der Waals surface area (Å²) in [5.74, 6) is -1.48. The monoisotopic (exact) mass is 262 g/mol. The molecule has 0 aliphatic rings. The number of esters is 1. The minimum absolute atomic E-state index is 0.0498. The first-order valence-electron chi connectivity index (χ1n) is 6.55. The number of hydrogen-bond donors (Lipinski definition) is 0. The number of rotatable bonds is 4. The SMILES string of the molecule is CCOC(=O)C(C(C)=O)c1ccc(C(C)(C)C)cc1. The standard InChI is InChI=1S/C16H22O3/c1-6-19-15(18)14(11(2)17)12-7-9-13(10-8-12)16(3,4)5/h7-10,14H,6H2,1-5H3. The van der Waals surface area contributed by atoms with Gasteiger partial charge in [-0.15, -0.1) is 0 Å². The van der Waals surface area contributed by atoms with Crippen LogP contribution in [0.3, 0.4) is 0 Å². The Kier molecular flexibility index (Phi) is 4.87. The van der Waals surface area contributed by atoms with E-state index in [9.17, 15) is 9.59 Å². The van der Waals surface area contributed by atoms with E-state index in [1.807, 2.05) is 24.3 Å². The Labute approximate surface area is 115 Å². The summed E-state index contributed by atoms with van der Waals surface area (Å²) < 4.78 is 4.96. The maximum Gasteiger partial charge on any atom is 0.320 e. The molecule has 1 rings (SSSR count). The third-order valence-electron chi connectivity index (χ3n) is 3.04. The molecule has 1 aromatic carbocycles. The minimum Gasteiger partial charge on any atom is -0.465 e. The molecule has 3 nitrogen and oxygen atoms in total. The first kappa shape index (κ1) is 15.4. The lowest BCUT2D eigenvalue weighted by atomic mass is 9.85. The summed E-state index contributed by atoms with van der Waals surface area (Å²) in [4.78, 5) is 23.5. The summed E-state index contributed by atoms with van der Waals surface area (Å²) in [6.07, 6.45) is 0. The maximum atomic E-state index is 11.8. The van der Waals surface area contributed by atoms with Crippen molar-refractivity contribution in [1.29, 1.82) is 0 Å². The zero-order valence-corrected chi connectivity index (χ0v) is 12.3. The van der Waals surface area contributed by atoms with E-state index in [1.54, 1.807) is 6.92 Å². The molecule has 0 saturated heterocycles. The summed E-state index contributed by atoms with van der Waals surface area (Å²) in [6.45, 7) is 9.79. The molecule has 0 amide bonds. The number of ether oxygens (including phenoxy) is 1. The van der Waals surface area contributed by atoms with Crippen molar-refractivity contribution in [3.8, 4) is 0 Å². The van der Waals surface area contributed by atoms with Crippen molar-refractivity contribution in [1.82, 2.24) is 0 Å². The van der Waals surface area contributed by atoms with E-state index in [0.29, 0.717) is 5.56 Å². The van der Waals surface area contributed by atoms with Crippen molar-refractivity contribution in [2.24, 2.45) is 0 Å². The second-order valence-corrected chi connectivity index (χ2v) is 5.67. The van der Waals surface area contributed by atoms with Crippen LogP contribution in [0.25, 0.3) is 0 Å². The van der Waals surface area contributed by atoms with Crippen LogP contribution in [0.4, 0.5) is 0 Å². The van der Waals surface area contributed by atoms with Crippen molar-refractivity contribution in [2.45, 2.75) is 46.0 Å². The van der Waals surface area contributed by atoms with Gasteiger partial charge in [0, 0.05) is 0 Å². The molecule has 0 aliphatic heterocycles. The zero-order chi connectivity index (χ0) is 14.6. The summed E-state index contributed by atoms with van der Waals surface area (Å²) in [7, 11) is 0. The van der Waals surface area contributed by atoms with Crippen molar-refractivity contribution in [3.05, 3.63) is 35.4 Å². The topological polar surface area (TPSA) is 43.4 Å². The molecular weight excluding hydrogens is 240 g/mol. The molecule has 0 saturated carbocycles. The van der Waals surface area contributed by atoms with Crippen molar-refractivity contribution in [3.63, 3.8) is 0 Å². The third kappa shape index (κ3) is 3.91. The van der Waals surface area contributed by atoms with Gasteiger partial charge in [0.1, 0.15) is 11.7 Å². The average molecular weight is 262 g/mol. The number of hydrogen-bond acceptors (Lipinski definition) is 3. The number of ketones is 1. The van der Waals surface area contributed by atoms with Crippen LogP contribution in [0.1, 0.15) is 51.7 Å². The lowest BCUT2D eigenvalue weighted by Crippen LogP contribution is -2.22. The van der Waals surface area contributed by atoms with Crippen molar-refractivity contribution in [2.75, 3.05) is 6.61 Å². The van der Waals surface area contributed by atoms with Gasteiger partial charge in [-0.2, -0.15) is 0 Å². The highest BCUT2D eigenvalue weighted by molar-refractivity contribution is 6.03. The highest BCUT2D eigenvalue weighted by atomic mass is 16.5. The van der Waals surface area contributed by atoms with Crippen LogP contribution >= 0.6 is 0 Å². The molecule has 0 radical (unpaired) electrons. The molecule has 0 heterocycles. The Morgan fingerprint density at radius 2 is 1.68 bits per heavy atom. The van der Waals surface area contributed by atoms with Crippen LogP contribution in [0.15, 0.2) is 24.3 Å². The summed E-state index contributed by atoms with van der Waals surface area (Å²) in [6, 6.07) is 7.60. The normalized spacial score (nSPS) is 12.9. The fraction of sp³-hybridized carbons (Fsp3) is 0.500. The fourth-order valence-electron chi connectivity index (χ4n) is 1.94. The quantitative estimate of drug-likeness (QED) is 0.618. The molecule has 1 atom stereocenters. The Morgan fingerprint density at radius 1 is 1.16 bits per heavy atom. The molecule has 19 heavy (non-hydrogen) atoms. The predicted octanol–water partition coefficient (Wildman–Crippen LogP) is 3.22. The van der Waals surface area contributed by atoms with E-state index >= 15 is 0 Å². The summed E-state index contributed by atoms with van der Waals surface area (Å²) >= 11 is 0. The zero-order valence-electron chi connectivity index (χ0n) is 12.3. The second-order valence-electron chi connectivity index (χ2n) is 5.67. The van der Waals surface area contributed by atoms with Gasteiger partial charge in [-0.1, -0.05) is 45.0 Å². The average Bonchev–Trinajstić information content (AvgIpc) is 2.28.